The van der Waals surface area contributed by atoms with Crippen LogP contribution in [0.25, 0.3) is 32.3 Å². The summed E-state index contributed by atoms with van der Waals surface area (Å²) < 4.78 is 66.1. The van der Waals surface area contributed by atoms with E-state index in [1.54, 1.807) is 12.1 Å². The monoisotopic (exact) mass is 378 g/mol. The minimum absolute atomic E-state index is 0.104. The molecule has 0 aromatic heterocycles. The zero-order valence-corrected chi connectivity index (χ0v) is 14.0. The molecule has 0 aliphatic rings. The van der Waals surface area contributed by atoms with Crippen LogP contribution in [0.2, 0.25) is 0 Å². The van der Waals surface area contributed by atoms with Crippen LogP contribution in [0.15, 0.2) is 52.3 Å². The number of hydrogen-bond acceptors (Lipinski definition) is 5. The molecule has 9 heteroatoms. The van der Waals surface area contributed by atoms with E-state index >= 15 is 0 Å². The average molecular weight is 378 g/mol. The van der Waals surface area contributed by atoms with Gasteiger partial charge in [-0.2, -0.15) is 16.8 Å². The molecular formula is C16H10O7S2. The third-order valence-electron chi connectivity index (χ3n) is 4.22. The summed E-state index contributed by atoms with van der Waals surface area (Å²) in [4.78, 5) is -0.990. The minimum Gasteiger partial charge on any atom is -0.507 e. The lowest BCUT2D eigenvalue weighted by Crippen LogP contribution is -2.04. The summed E-state index contributed by atoms with van der Waals surface area (Å²) >= 11 is 0. The van der Waals surface area contributed by atoms with Crippen LogP contribution in [0.3, 0.4) is 0 Å². The molecule has 0 radical (unpaired) electrons. The molecule has 0 saturated heterocycles. The highest BCUT2D eigenvalue weighted by Crippen LogP contribution is 2.43. The molecule has 25 heavy (non-hydrogen) atoms. The van der Waals surface area contributed by atoms with Gasteiger partial charge in [-0.25, -0.2) is 0 Å². The van der Waals surface area contributed by atoms with Crippen LogP contribution in [0.1, 0.15) is 0 Å². The first-order valence-corrected chi connectivity index (χ1v) is 9.85. The zero-order valence-electron chi connectivity index (χ0n) is 12.3. The maximum atomic E-state index is 11.8. The SMILES string of the molecule is O=S(=O)(O)c1cc2c(S(=O)(=O)O)ccc3c(O)cc4cccc1c4c32. The predicted molar refractivity (Wildman–Crippen MR) is 91.4 cm³/mol. The van der Waals surface area contributed by atoms with Crippen molar-refractivity contribution in [2.24, 2.45) is 0 Å². The quantitative estimate of drug-likeness (QED) is 0.361. The summed E-state index contributed by atoms with van der Waals surface area (Å²) in [5, 5.41) is 11.7. The van der Waals surface area contributed by atoms with Gasteiger partial charge in [-0.05, 0) is 35.0 Å². The summed E-state index contributed by atoms with van der Waals surface area (Å²) in [6, 6.07) is 9.47. The topological polar surface area (TPSA) is 129 Å². The number of phenols is 1. The zero-order chi connectivity index (χ0) is 18.1. The number of rotatable bonds is 2. The maximum Gasteiger partial charge on any atom is 0.295 e. The van der Waals surface area contributed by atoms with Gasteiger partial charge in [0.05, 0.1) is 0 Å². The maximum absolute atomic E-state index is 11.8. The molecule has 4 rings (SSSR count). The Kier molecular flexibility index (Phi) is 3.07. The molecule has 0 spiro atoms. The summed E-state index contributed by atoms with van der Waals surface area (Å²) in [5.74, 6) is -0.119. The second-order valence-corrected chi connectivity index (χ2v) is 8.44. The fourth-order valence-corrected chi connectivity index (χ4v) is 4.67. The van der Waals surface area contributed by atoms with E-state index in [1.165, 1.54) is 18.2 Å². The normalized spacial score (nSPS) is 13.2. The van der Waals surface area contributed by atoms with Gasteiger partial charge >= 0.3 is 0 Å². The van der Waals surface area contributed by atoms with Crippen molar-refractivity contribution in [3.63, 3.8) is 0 Å². The van der Waals surface area contributed by atoms with Crippen molar-refractivity contribution in [3.8, 4) is 5.75 Å². The van der Waals surface area contributed by atoms with Gasteiger partial charge in [0.2, 0.25) is 0 Å². The van der Waals surface area contributed by atoms with Crippen LogP contribution in [-0.4, -0.2) is 31.0 Å². The second kappa shape index (κ2) is 4.79. The van der Waals surface area contributed by atoms with Crippen LogP contribution in [0.4, 0.5) is 0 Å². The molecule has 4 aromatic rings. The van der Waals surface area contributed by atoms with Crippen molar-refractivity contribution in [1.82, 2.24) is 0 Å². The van der Waals surface area contributed by atoms with Gasteiger partial charge in [-0.15, -0.1) is 0 Å². The molecule has 0 aliphatic carbocycles. The largest absolute Gasteiger partial charge is 0.507 e. The van der Waals surface area contributed by atoms with Crippen molar-refractivity contribution in [2.45, 2.75) is 9.79 Å². The van der Waals surface area contributed by atoms with Crippen LogP contribution < -0.4 is 0 Å². The summed E-state index contributed by atoms with van der Waals surface area (Å²) in [6.07, 6.45) is 0. The Morgan fingerprint density at radius 3 is 2.00 bits per heavy atom. The van der Waals surface area contributed by atoms with E-state index in [-0.39, 0.29) is 21.9 Å². The van der Waals surface area contributed by atoms with E-state index in [2.05, 4.69) is 0 Å². The van der Waals surface area contributed by atoms with Crippen molar-refractivity contribution in [2.75, 3.05) is 0 Å². The van der Waals surface area contributed by atoms with Crippen molar-refractivity contribution in [3.05, 3.63) is 42.5 Å². The highest BCUT2D eigenvalue weighted by molar-refractivity contribution is 7.86. The van der Waals surface area contributed by atoms with Crippen LogP contribution in [0, 0.1) is 0 Å². The van der Waals surface area contributed by atoms with Gasteiger partial charge in [0.15, 0.2) is 0 Å². The van der Waals surface area contributed by atoms with E-state index in [0.29, 0.717) is 16.2 Å². The van der Waals surface area contributed by atoms with E-state index in [4.69, 9.17) is 0 Å². The first kappa shape index (κ1) is 16.0. The number of benzene rings is 4. The number of hydrogen-bond donors (Lipinski definition) is 3. The molecule has 0 amide bonds. The van der Waals surface area contributed by atoms with Gasteiger partial charge in [-0.1, -0.05) is 18.2 Å². The second-order valence-electron chi connectivity index (χ2n) is 5.66. The third-order valence-corrected chi connectivity index (χ3v) is 6.02. The van der Waals surface area contributed by atoms with E-state index in [0.717, 1.165) is 12.1 Å². The fourth-order valence-electron chi connectivity index (χ4n) is 3.27. The predicted octanol–water partition coefficient (Wildman–Crippen LogP) is 2.78. The summed E-state index contributed by atoms with van der Waals surface area (Å²) in [7, 11) is -9.32. The van der Waals surface area contributed by atoms with Crippen LogP contribution in [0.5, 0.6) is 5.75 Å². The first-order valence-electron chi connectivity index (χ1n) is 6.97. The molecule has 3 N–H and O–H groups in total. The Hall–Kier alpha value is -2.46. The molecule has 4 aromatic carbocycles. The first-order chi connectivity index (χ1) is 11.6. The summed E-state index contributed by atoms with van der Waals surface area (Å²) in [5.41, 5.74) is 0. The Bertz CT molecular complexity index is 1390. The Morgan fingerprint density at radius 1 is 0.680 bits per heavy atom. The number of aromatic hydroxyl groups is 1. The minimum atomic E-state index is -4.66. The van der Waals surface area contributed by atoms with E-state index in [1.807, 2.05) is 0 Å². The molecule has 128 valence electrons. The lowest BCUT2D eigenvalue weighted by Gasteiger charge is -2.16. The van der Waals surface area contributed by atoms with Crippen LogP contribution >= 0.6 is 0 Å². The Balaban J connectivity index is 2.47. The van der Waals surface area contributed by atoms with Crippen molar-refractivity contribution >= 4 is 52.6 Å². The van der Waals surface area contributed by atoms with Crippen LogP contribution in [-0.2, 0) is 20.2 Å². The lowest BCUT2D eigenvalue weighted by molar-refractivity contribution is 0.480. The van der Waals surface area contributed by atoms with Gasteiger partial charge < -0.3 is 5.11 Å². The van der Waals surface area contributed by atoms with Gasteiger partial charge in [0.1, 0.15) is 15.5 Å². The molecule has 0 saturated carbocycles. The van der Waals surface area contributed by atoms with Crippen molar-refractivity contribution < 1.29 is 31.0 Å². The molecule has 0 fully saturated rings. The van der Waals surface area contributed by atoms with Gasteiger partial charge in [0, 0.05) is 21.5 Å². The highest BCUT2D eigenvalue weighted by atomic mass is 32.2. The molecule has 0 bridgehead atoms. The third kappa shape index (κ3) is 2.24. The lowest BCUT2D eigenvalue weighted by atomic mass is 9.93. The molecule has 0 aliphatic heterocycles. The van der Waals surface area contributed by atoms with E-state index < -0.39 is 30.0 Å². The van der Waals surface area contributed by atoms with Gasteiger partial charge in [-0.3, -0.25) is 9.11 Å². The molecular weight excluding hydrogens is 368 g/mol. The molecule has 0 atom stereocenters. The highest BCUT2D eigenvalue weighted by Gasteiger charge is 2.24. The summed E-state index contributed by atoms with van der Waals surface area (Å²) in [6.45, 7) is 0. The Morgan fingerprint density at radius 2 is 1.36 bits per heavy atom. The molecule has 0 heterocycles. The molecule has 0 unspecified atom stereocenters. The van der Waals surface area contributed by atoms with E-state index in [9.17, 15) is 31.0 Å². The van der Waals surface area contributed by atoms with Gasteiger partial charge in [0.25, 0.3) is 20.2 Å². The average Bonchev–Trinajstić information content (AvgIpc) is 2.50. The number of phenolic OH excluding ortho intramolecular Hbond substituents is 1. The van der Waals surface area contributed by atoms with Crippen molar-refractivity contribution in [1.29, 1.82) is 0 Å². The smallest absolute Gasteiger partial charge is 0.295 e. The molecule has 7 nitrogen and oxygen atoms in total. The fraction of sp³-hybridized carbons (Fsp3) is 0. The Labute approximate surface area is 142 Å². The standard InChI is InChI=1S/C16H10O7S2/c17-12-6-8-2-1-3-10-14(25(21,22)23)7-11-13(24(18,19)20)5-4-9(12)16(11)15(8)10/h1-7,17H,(H,18,19,20)(H,21,22,23).